The SMILES string of the molecule is O=C(N[C@@]1(O)CCCC[C@H]1N1Cc2ccc(-c3noc(C(F)(F)F)n3)cc2C1=O)C1CCC1. The third-order valence-electron chi connectivity index (χ3n) is 6.90. The second-order valence-corrected chi connectivity index (χ2v) is 9.03. The Morgan fingerprint density at radius 1 is 1.21 bits per heavy atom. The van der Waals surface area contributed by atoms with Gasteiger partial charge in [-0.25, -0.2) is 0 Å². The Labute approximate surface area is 187 Å². The number of nitrogens with one attached hydrogen (secondary N) is 1. The number of carbonyl (C=O) groups is 2. The minimum atomic E-state index is -4.76. The van der Waals surface area contributed by atoms with E-state index in [1.54, 1.807) is 11.0 Å². The van der Waals surface area contributed by atoms with Gasteiger partial charge in [0.05, 0.1) is 6.04 Å². The van der Waals surface area contributed by atoms with Crippen LogP contribution in [0.4, 0.5) is 13.2 Å². The molecule has 2 aromatic rings. The van der Waals surface area contributed by atoms with E-state index in [1.165, 1.54) is 12.1 Å². The molecular weight excluding hydrogens is 441 g/mol. The number of carbonyl (C=O) groups excluding carboxylic acids is 2. The van der Waals surface area contributed by atoms with E-state index in [9.17, 15) is 27.9 Å². The van der Waals surface area contributed by atoms with Crippen molar-refractivity contribution in [1.29, 1.82) is 0 Å². The van der Waals surface area contributed by atoms with Crippen molar-refractivity contribution in [3.63, 3.8) is 0 Å². The first-order valence-electron chi connectivity index (χ1n) is 11.1. The molecule has 1 aromatic heterocycles. The summed E-state index contributed by atoms with van der Waals surface area (Å²) < 4.78 is 42.6. The van der Waals surface area contributed by atoms with Crippen molar-refractivity contribution in [3.8, 4) is 11.4 Å². The van der Waals surface area contributed by atoms with E-state index < -0.39 is 23.8 Å². The summed E-state index contributed by atoms with van der Waals surface area (Å²) in [6, 6.07) is 4.02. The summed E-state index contributed by atoms with van der Waals surface area (Å²) in [6.07, 6.45) is 0.262. The van der Waals surface area contributed by atoms with Gasteiger partial charge in [0.2, 0.25) is 11.7 Å². The molecular formula is C22H23F3N4O4. The fourth-order valence-electron chi connectivity index (χ4n) is 4.85. The number of aliphatic hydroxyl groups is 1. The molecule has 0 unspecified atom stereocenters. The maximum absolute atomic E-state index is 13.3. The predicted octanol–water partition coefficient (Wildman–Crippen LogP) is 3.26. The lowest BCUT2D eigenvalue weighted by Crippen LogP contribution is -2.64. The molecule has 2 aliphatic carbocycles. The number of hydrogen-bond acceptors (Lipinski definition) is 6. The van der Waals surface area contributed by atoms with E-state index in [1.807, 2.05) is 0 Å². The minimum Gasteiger partial charge on any atom is -0.369 e. The Morgan fingerprint density at radius 2 is 2.00 bits per heavy atom. The second-order valence-electron chi connectivity index (χ2n) is 9.03. The number of aromatic nitrogens is 2. The van der Waals surface area contributed by atoms with Crippen LogP contribution in [0.5, 0.6) is 0 Å². The first kappa shape index (κ1) is 21.9. The standard InChI is InChI=1S/C22H23F3N4O4/c23-22(24,25)20-26-17(28-33-20)13-7-8-14-11-29(19(31)15(14)10-13)16-6-1-2-9-21(16,32)27-18(30)12-4-3-5-12/h7-8,10,12,16,32H,1-6,9,11H2,(H,27,30)/t16-,21-/m1/s1. The zero-order chi connectivity index (χ0) is 23.4. The first-order valence-corrected chi connectivity index (χ1v) is 11.1. The van der Waals surface area contributed by atoms with Gasteiger partial charge in [0, 0.05) is 23.6 Å². The zero-order valence-corrected chi connectivity index (χ0v) is 17.7. The molecule has 176 valence electrons. The maximum atomic E-state index is 13.3. The summed E-state index contributed by atoms with van der Waals surface area (Å²) in [5.74, 6) is -2.35. The lowest BCUT2D eigenvalue weighted by Gasteiger charge is -2.45. The zero-order valence-electron chi connectivity index (χ0n) is 17.7. The summed E-state index contributed by atoms with van der Waals surface area (Å²) in [4.78, 5) is 30.8. The van der Waals surface area contributed by atoms with Crippen molar-refractivity contribution in [2.45, 2.75) is 69.4 Å². The van der Waals surface area contributed by atoms with Crippen LogP contribution >= 0.6 is 0 Å². The van der Waals surface area contributed by atoms with Crippen LogP contribution in [0.25, 0.3) is 11.4 Å². The molecule has 0 bridgehead atoms. The van der Waals surface area contributed by atoms with E-state index in [4.69, 9.17) is 0 Å². The number of halogens is 3. The van der Waals surface area contributed by atoms with E-state index in [-0.39, 0.29) is 35.7 Å². The van der Waals surface area contributed by atoms with Crippen LogP contribution in [0.2, 0.25) is 0 Å². The van der Waals surface area contributed by atoms with Crippen LogP contribution in [-0.2, 0) is 17.5 Å². The Balaban J connectivity index is 1.38. The monoisotopic (exact) mass is 464 g/mol. The Kier molecular flexibility index (Phi) is 5.19. The van der Waals surface area contributed by atoms with E-state index in [2.05, 4.69) is 20.0 Å². The number of nitrogens with zero attached hydrogens (tertiary/aromatic N) is 3. The molecule has 11 heteroatoms. The number of fused-ring (bicyclic) bond motifs is 1. The van der Waals surface area contributed by atoms with Gasteiger partial charge in [-0.1, -0.05) is 30.1 Å². The van der Waals surface area contributed by atoms with Crippen molar-refractivity contribution in [2.24, 2.45) is 5.92 Å². The molecule has 5 rings (SSSR count). The molecule has 2 saturated carbocycles. The van der Waals surface area contributed by atoms with Gasteiger partial charge >= 0.3 is 12.1 Å². The highest BCUT2D eigenvalue weighted by molar-refractivity contribution is 5.99. The molecule has 33 heavy (non-hydrogen) atoms. The summed E-state index contributed by atoms with van der Waals surface area (Å²) in [6.45, 7) is 0.237. The lowest BCUT2D eigenvalue weighted by atomic mass is 9.82. The summed E-state index contributed by atoms with van der Waals surface area (Å²) >= 11 is 0. The van der Waals surface area contributed by atoms with Gasteiger partial charge in [-0.05, 0) is 43.7 Å². The van der Waals surface area contributed by atoms with Gasteiger partial charge < -0.3 is 19.8 Å². The molecule has 2 fully saturated rings. The normalized spacial score (nSPS) is 25.6. The quantitative estimate of drug-likeness (QED) is 0.673. The van der Waals surface area contributed by atoms with E-state index in [0.717, 1.165) is 32.1 Å². The number of benzene rings is 1. The van der Waals surface area contributed by atoms with Crippen LogP contribution in [0.1, 0.15) is 66.8 Å². The largest absolute Gasteiger partial charge is 0.471 e. The molecule has 1 aliphatic heterocycles. The molecule has 1 aromatic carbocycles. The summed E-state index contributed by atoms with van der Waals surface area (Å²) in [7, 11) is 0. The minimum absolute atomic E-state index is 0.0952. The summed E-state index contributed by atoms with van der Waals surface area (Å²) in [5, 5.41) is 17.6. The number of amides is 2. The molecule has 2 N–H and O–H groups in total. The van der Waals surface area contributed by atoms with Crippen molar-refractivity contribution < 1.29 is 32.4 Å². The Hall–Kier alpha value is -2.95. The van der Waals surface area contributed by atoms with Crippen molar-refractivity contribution in [1.82, 2.24) is 20.4 Å². The van der Waals surface area contributed by atoms with Crippen molar-refractivity contribution in [2.75, 3.05) is 0 Å². The van der Waals surface area contributed by atoms with Gasteiger partial charge in [-0.2, -0.15) is 18.2 Å². The highest BCUT2D eigenvalue weighted by Crippen LogP contribution is 2.38. The molecule has 0 radical (unpaired) electrons. The number of alkyl halides is 3. The number of hydrogen-bond donors (Lipinski definition) is 2. The maximum Gasteiger partial charge on any atom is 0.471 e. The average molecular weight is 464 g/mol. The molecule has 2 atom stereocenters. The Bertz CT molecular complexity index is 1100. The van der Waals surface area contributed by atoms with Gasteiger partial charge in [0.1, 0.15) is 0 Å². The molecule has 2 heterocycles. The van der Waals surface area contributed by atoms with E-state index >= 15 is 0 Å². The van der Waals surface area contributed by atoms with Gasteiger partial charge in [0.15, 0.2) is 5.72 Å². The predicted molar refractivity (Wildman–Crippen MR) is 107 cm³/mol. The van der Waals surface area contributed by atoms with Crippen LogP contribution in [-0.4, -0.2) is 43.7 Å². The molecule has 0 spiro atoms. The summed E-state index contributed by atoms with van der Waals surface area (Å²) in [5.41, 5.74) is -0.299. The third-order valence-corrected chi connectivity index (χ3v) is 6.90. The number of rotatable bonds is 4. The topological polar surface area (TPSA) is 109 Å². The second kappa shape index (κ2) is 7.82. The third kappa shape index (κ3) is 3.88. The highest BCUT2D eigenvalue weighted by Gasteiger charge is 2.48. The smallest absolute Gasteiger partial charge is 0.369 e. The average Bonchev–Trinajstić information content (AvgIpc) is 3.32. The lowest BCUT2D eigenvalue weighted by molar-refractivity contribution is -0.159. The van der Waals surface area contributed by atoms with Gasteiger partial charge in [0.25, 0.3) is 5.91 Å². The Morgan fingerprint density at radius 3 is 2.67 bits per heavy atom. The van der Waals surface area contributed by atoms with E-state index in [0.29, 0.717) is 24.0 Å². The van der Waals surface area contributed by atoms with Crippen LogP contribution in [0.15, 0.2) is 22.7 Å². The highest BCUT2D eigenvalue weighted by atomic mass is 19.4. The van der Waals surface area contributed by atoms with Gasteiger partial charge in [-0.3, -0.25) is 9.59 Å². The fraction of sp³-hybridized carbons (Fsp3) is 0.545. The van der Waals surface area contributed by atoms with Crippen LogP contribution in [0, 0.1) is 5.92 Å². The molecule has 2 amide bonds. The van der Waals surface area contributed by atoms with Crippen LogP contribution < -0.4 is 5.32 Å². The fourth-order valence-corrected chi connectivity index (χ4v) is 4.85. The molecule has 8 nitrogen and oxygen atoms in total. The van der Waals surface area contributed by atoms with Crippen molar-refractivity contribution >= 4 is 11.8 Å². The van der Waals surface area contributed by atoms with Crippen LogP contribution in [0.3, 0.4) is 0 Å². The molecule has 3 aliphatic rings. The van der Waals surface area contributed by atoms with Gasteiger partial charge in [-0.15, -0.1) is 0 Å². The molecule has 0 saturated heterocycles. The first-order chi connectivity index (χ1) is 15.7. The van der Waals surface area contributed by atoms with Crippen molar-refractivity contribution in [3.05, 3.63) is 35.2 Å².